The van der Waals surface area contributed by atoms with Crippen molar-refractivity contribution in [2.75, 3.05) is 28.5 Å². The lowest BCUT2D eigenvalue weighted by atomic mass is 9.97. The number of carbonyl (C=O) groups excluding carboxylic acids is 1. The third kappa shape index (κ3) is 7.12. The van der Waals surface area contributed by atoms with Gasteiger partial charge in [-0.2, -0.15) is 13.2 Å². The molecule has 0 amide bonds. The van der Waals surface area contributed by atoms with E-state index in [-0.39, 0.29) is 34.2 Å². The van der Waals surface area contributed by atoms with Gasteiger partial charge in [0.2, 0.25) is 15.0 Å². The van der Waals surface area contributed by atoms with E-state index in [0.717, 1.165) is 48.4 Å². The summed E-state index contributed by atoms with van der Waals surface area (Å²) in [5.41, 5.74) is 1.53. The first-order chi connectivity index (χ1) is 17.0. The van der Waals surface area contributed by atoms with E-state index >= 15 is 0 Å². The topological polar surface area (TPSA) is 126 Å². The van der Waals surface area contributed by atoms with Crippen LogP contribution >= 0.6 is 11.3 Å². The number of alkyl halides is 3. The number of anilines is 2. The molecular formula is C21H27F3N6O4S2. The highest BCUT2D eigenvalue weighted by atomic mass is 32.2. The molecular weight excluding hydrogens is 521 g/mol. The minimum Gasteiger partial charge on any atom is -0.461 e. The SMILES string of the molecule is CCOC(=O)c1nnc(N=Nc2cc3c(cc2NS(=O)(=O)CC(F)(F)F)N(C(CC)CC)CCC3)s1. The first-order valence-corrected chi connectivity index (χ1v) is 13.9. The molecule has 0 saturated heterocycles. The number of esters is 1. The molecule has 10 nitrogen and oxygen atoms in total. The minimum absolute atomic E-state index is 0.00136. The molecule has 1 aliphatic rings. The lowest BCUT2D eigenvalue weighted by Crippen LogP contribution is -2.38. The zero-order chi connectivity index (χ0) is 26.5. The van der Waals surface area contributed by atoms with E-state index in [2.05, 4.69) is 25.3 Å². The number of sulfonamides is 1. The highest BCUT2D eigenvalue weighted by Crippen LogP contribution is 2.40. The summed E-state index contributed by atoms with van der Waals surface area (Å²) in [7, 11) is -4.77. The number of ether oxygens (including phenoxy) is 1. The summed E-state index contributed by atoms with van der Waals surface area (Å²) in [5.74, 6) is -2.71. The van der Waals surface area contributed by atoms with E-state index < -0.39 is 27.9 Å². The average Bonchev–Trinajstić information content (AvgIpc) is 3.26. The second kappa shape index (κ2) is 11.5. The van der Waals surface area contributed by atoms with Crippen LogP contribution in [0.3, 0.4) is 0 Å². The molecule has 36 heavy (non-hydrogen) atoms. The summed E-state index contributed by atoms with van der Waals surface area (Å²) in [6.07, 6.45) is -1.66. The molecule has 198 valence electrons. The van der Waals surface area contributed by atoms with Crippen LogP contribution in [0.4, 0.5) is 35.4 Å². The predicted molar refractivity (Wildman–Crippen MR) is 130 cm³/mol. The number of aromatic nitrogens is 2. The molecule has 1 N–H and O–H groups in total. The normalized spacial score (nSPS) is 14.4. The lowest BCUT2D eigenvalue weighted by Gasteiger charge is -2.38. The van der Waals surface area contributed by atoms with Crippen LogP contribution in [0.1, 0.15) is 55.4 Å². The number of carbonyl (C=O) groups is 1. The minimum atomic E-state index is -4.92. The van der Waals surface area contributed by atoms with Crippen molar-refractivity contribution < 1.29 is 31.1 Å². The maximum atomic E-state index is 12.9. The summed E-state index contributed by atoms with van der Waals surface area (Å²) in [6.45, 7) is 6.63. The van der Waals surface area contributed by atoms with E-state index in [0.29, 0.717) is 6.42 Å². The number of nitrogens with one attached hydrogen (secondary N) is 1. The Morgan fingerprint density at radius 3 is 2.58 bits per heavy atom. The number of hydrogen-bond acceptors (Lipinski definition) is 10. The van der Waals surface area contributed by atoms with Gasteiger partial charge in [0.1, 0.15) is 5.69 Å². The Balaban J connectivity index is 2.02. The number of aryl methyl sites for hydroxylation is 1. The Labute approximate surface area is 211 Å². The molecule has 3 rings (SSSR count). The van der Waals surface area contributed by atoms with Crippen molar-refractivity contribution in [3.63, 3.8) is 0 Å². The van der Waals surface area contributed by atoms with Crippen LogP contribution in [-0.4, -0.2) is 55.7 Å². The maximum Gasteiger partial charge on any atom is 0.404 e. The molecule has 0 atom stereocenters. The van der Waals surface area contributed by atoms with Crippen molar-refractivity contribution in [3.05, 3.63) is 22.7 Å². The van der Waals surface area contributed by atoms with Gasteiger partial charge in [-0.3, -0.25) is 4.72 Å². The standard InChI is InChI=1S/C21H27F3N6O4S2/c1-4-14(5-2)30-9-7-8-13-10-15(25-27-20-28-26-18(35-20)19(31)34-6-3)16(11-17(13)30)29-36(32,33)12-21(22,23)24/h10-11,14,29H,4-9,12H2,1-3H3. The monoisotopic (exact) mass is 548 g/mol. The third-order valence-electron chi connectivity index (χ3n) is 5.46. The summed E-state index contributed by atoms with van der Waals surface area (Å²) in [6, 6.07) is 3.32. The van der Waals surface area contributed by atoms with Gasteiger partial charge in [-0.15, -0.1) is 20.4 Å². The van der Waals surface area contributed by atoms with Gasteiger partial charge in [-0.1, -0.05) is 25.2 Å². The Morgan fingerprint density at radius 1 is 1.22 bits per heavy atom. The molecule has 1 aromatic heterocycles. The zero-order valence-corrected chi connectivity index (χ0v) is 21.6. The molecule has 1 aromatic carbocycles. The molecule has 0 unspecified atom stereocenters. The smallest absolute Gasteiger partial charge is 0.404 e. The number of benzene rings is 1. The summed E-state index contributed by atoms with van der Waals surface area (Å²) < 4.78 is 70.0. The molecule has 15 heteroatoms. The van der Waals surface area contributed by atoms with Gasteiger partial charge >= 0.3 is 12.1 Å². The van der Waals surface area contributed by atoms with Gasteiger partial charge in [0.25, 0.3) is 5.13 Å². The highest BCUT2D eigenvalue weighted by Gasteiger charge is 2.36. The summed E-state index contributed by atoms with van der Waals surface area (Å²) in [5, 5.41) is 15.4. The Kier molecular flexibility index (Phi) is 8.87. The number of rotatable bonds is 10. The van der Waals surface area contributed by atoms with Crippen molar-refractivity contribution in [3.8, 4) is 0 Å². The summed E-state index contributed by atoms with van der Waals surface area (Å²) in [4.78, 5) is 13.9. The summed E-state index contributed by atoms with van der Waals surface area (Å²) >= 11 is 0.813. The van der Waals surface area contributed by atoms with Crippen molar-refractivity contribution in [2.24, 2.45) is 10.2 Å². The zero-order valence-electron chi connectivity index (χ0n) is 20.0. The van der Waals surface area contributed by atoms with E-state index in [1.165, 1.54) is 6.07 Å². The van der Waals surface area contributed by atoms with Crippen LogP contribution in [0.25, 0.3) is 0 Å². The van der Waals surface area contributed by atoms with Gasteiger partial charge in [0.15, 0.2) is 5.75 Å². The van der Waals surface area contributed by atoms with Crippen LogP contribution in [0.15, 0.2) is 22.4 Å². The van der Waals surface area contributed by atoms with Gasteiger partial charge < -0.3 is 9.64 Å². The van der Waals surface area contributed by atoms with Crippen LogP contribution in [-0.2, 0) is 21.2 Å². The molecule has 0 radical (unpaired) electrons. The van der Waals surface area contributed by atoms with Crippen LogP contribution < -0.4 is 9.62 Å². The van der Waals surface area contributed by atoms with Crippen LogP contribution in [0.5, 0.6) is 0 Å². The van der Waals surface area contributed by atoms with E-state index in [4.69, 9.17) is 4.74 Å². The quantitative estimate of drug-likeness (QED) is 0.312. The molecule has 2 aromatic rings. The third-order valence-corrected chi connectivity index (χ3v) is 7.49. The lowest BCUT2D eigenvalue weighted by molar-refractivity contribution is -0.106. The second-order valence-electron chi connectivity index (χ2n) is 8.05. The fourth-order valence-electron chi connectivity index (χ4n) is 3.97. The predicted octanol–water partition coefficient (Wildman–Crippen LogP) is 5.38. The fraction of sp³-hybridized carbons (Fsp3) is 0.571. The number of nitrogens with zero attached hydrogens (tertiary/aromatic N) is 5. The molecule has 1 aliphatic heterocycles. The fourth-order valence-corrected chi connectivity index (χ4v) is 5.53. The number of hydrogen-bond donors (Lipinski definition) is 1. The van der Waals surface area contributed by atoms with Gasteiger partial charge in [0, 0.05) is 18.3 Å². The van der Waals surface area contributed by atoms with Gasteiger partial charge in [-0.25, -0.2) is 13.2 Å². The molecule has 0 aliphatic carbocycles. The number of fused-ring (bicyclic) bond motifs is 1. The molecule has 0 spiro atoms. The molecule has 2 heterocycles. The van der Waals surface area contributed by atoms with Crippen molar-refractivity contribution in [1.82, 2.24) is 10.2 Å². The van der Waals surface area contributed by atoms with Crippen molar-refractivity contribution in [1.29, 1.82) is 0 Å². The van der Waals surface area contributed by atoms with E-state index in [9.17, 15) is 26.4 Å². The van der Waals surface area contributed by atoms with Crippen molar-refractivity contribution in [2.45, 2.75) is 58.7 Å². The van der Waals surface area contributed by atoms with E-state index in [1.54, 1.807) is 13.0 Å². The first-order valence-electron chi connectivity index (χ1n) is 11.4. The van der Waals surface area contributed by atoms with Gasteiger partial charge in [-0.05, 0) is 50.3 Å². The Morgan fingerprint density at radius 2 is 1.94 bits per heavy atom. The Bertz CT molecular complexity index is 1210. The number of halogens is 3. The van der Waals surface area contributed by atoms with Crippen LogP contribution in [0.2, 0.25) is 0 Å². The second-order valence-corrected chi connectivity index (χ2v) is 10.7. The highest BCUT2D eigenvalue weighted by molar-refractivity contribution is 7.92. The largest absolute Gasteiger partial charge is 0.461 e. The van der Waals surface area contributed by atoms with Gasteiger partial charge in [0.05, 0.1) is 12.3 Å². The van der Waals surface area contributed by atoms with Crippen LogP contribution in [0, 0.1) is 0 Å². The molecule has 0 bridgehead atoms. The molecule has 0 saturated carbocycles. The Hall–Kier alpha value is -2.81. The molecule has 0 fully saturated rings. The maximum absolute atomic E-state index is 12.9. The van der Waals surface area contributed by atoms with Crippen molar-refractivity contribution >= 4 is 49.5 Å². The van der Waals surface area contributed by atoms with E-state index in [1.807, 2.05) is 18.6 Å². The first kappa shape index (κ1) is 27.8. The average molecular weight is 549 g/mol. The number of azo groups is 1.